The largest absolute Gasteiger partial charge is 0.352 e. The van der Waals surface area contributed by atoms with Crippen molar-refractivity contribution >= 4 is 5.91 Å². The van der Waals surface area contributed by atoms with Crippen molar-refractivity contribution in [2.45, 2.75) is 46.5 Å². The first kappa shape index (κ1) is 17.1. The van der Waals surface area contributed by atoms with Crippen LogP contribution in [0.4, 0.5) is 0 Å². The predicted octanol–water partition coefficient (Wildman–Crippen LogP) is 2.92. The molecular weight excluding hydrogens is 290 g/mol. The Morgan fingerprint density at radius 1 is 1.30 bits per heavy atom. The maximum atomic E-state index is 12.6. The van der Waals surface area contributed by atoms with Gasteiger partial charge in [0, 0.05) is 6.54 Å². The average molecular weight is 315 g/mol. The molecule has 0 saturated carbocycles. The van der Waals surface area contributed by atoms with Gasteiger partial charge in [0.25, 0.3) is 5.91 Å². The maximum absolute atomic E-state index is 12.6. The van der Waals surface area contributed by atoms with Crippen LogP contribution in [-0.4, -0.2) is 32.7 Å². The summed E-state index contributed by atoms with van der Waals surface area (Å²) in [5, 5.41) is 14.6. The van der Waals surface area contributed by atoms with Crippen molar-refractivity contribution in [1.29, 1.82) is 0 Å². The van der Waals surface area contributed by atoms with Gasteiger partial charge in [-0.05, 0) is 41.8 Å². The second-order valence-electron chi connectivity index (χ2n) is 5.78. The van der Waals surface area contributed by atoms with E-state index in [4.69, 9.17) is 0 Å². The van der Waals surface area contributed by atoms with Gasteiger partial charge in [-0.25, -0.2) is 0 Å². The minimum absolute atomic E-state index is 0.0783. The summed E-state index contributed by atoms with van der Waals surface area (Å²) in [6.45, 7) is 6.88. The van der Waals surface area contributed by atoms with Crippen molar-refractivity contribution in [2.75, 3.05) is 6.54 Å². The lowest BCUT2D eigenvalue weighted by Crippen LogP contribution is -2.30. The molecule has 0 aliphatic heterocycles. The van der Waals surface area contributed by atoms with Gasteiger partial charge >= 0.3 is 0 Å². The number of aryl methyl sites for hydroxylation is 1. The fourth-order valence-corrected chi connectivity index (χ4v) is 2.58. The molecule has 124 valence electrons. The number of para-hydroxylation sites is 1. The molecular formula is C17H25N5O. The lowest BCUT2D eigenvalue weighted by molar-refractivity contribution is 0.0945. The predicted molar refractivity (Wildman–Crippen MR) is 89.5 cm³/mol. The summed E-state index contributed by atoms with van der Waals surface area (Å²) in [5.74, 6) is 1.10. The third-order valence-corrected chi connectivity index (χ3v) is 4.10. The van der Waals surface area contributed by atoms with Gasteiger partial charge in [0.1, 0.15) is 0 Å². The standard InChI is InChI=1S/C17H25N5O/c1-4-6-9-14(5-2)12-18-17(23)15-10-7-8-11-16(15)22-13(3)19-20-21-22/h7-8,10-11,14H,4-6,9,12H2,1-3H3,(H,18,23)/t14-/m0/s1. The van der Waals surface area contributed by atoms with Crippen LogP contribution in [0.2, 0.25) is 0 Å². The minimum atomic E-state index is -0.0783. The molecule has 1 aromatic carbocycles. The van der Waals surface area contributed by atoms with Crippen LogP contribution in [0, 0.1) is 12.8 Å². The third-order valence-electron chi connectivity index (χ3n) is 4.10. The highest BCUT2D eigenvalue weighted by Crippen LogP contribution is 2.15. The zero-order chi connectivity index (χ0) is 16.7. The molecule has 0 bridgehead atoms. The molecule has 0 aliphatic rings. The molecule has 1 aromatic heterocycles. The molecule has 2 rings (SSSR count). The van der Waals surface area contributed by atoms with Crippen LogP contribution < -0.4 is 5.32 Å². The van der Waals surface area contributed by atoms with E-state index in [9.17, 15) is 4.79 Å². The van der Waals surface area contributed by atoms with Crippen molar-refractivity contribution in [3.8, 4) is 5.69 Å². The van der Waals surface area contributed by atoms with E-state index >= 15 is 0 Å². The van der Waals surface area contributed by atoms with E-state index in [1.807, 2.05) is 25.1 Å². The Morgan fingerprint density at radius 3 is 2.74 bits per heavy atom. The molecule has 1 atom stereocenters. The fraction of sp³-hybridized carbons (Fsp3) is 0.529. The van der Waals surface area contributed by atoms with Gasteiger partial charge in [-0.15, -0.1) is 5.10 Å². The lowest BCUT2D eigenvalue weighted by atomic mass is 9.99. The summed E-state index contributed by atoms with van der Waals surface area (Å²) >= 11 is 0. The second kappa shape index (κ2) is 8.41. The number of hydrogen-bond acceptors (Lipinski definition) is 4. The van der Waals surface area contributed by atoms with Gasteiger partial charge in [-0.1, -0.05) is 45.2 Å². The molecule has 0 radical (unpaired) electrons. The summed E-state index contributed by atoms with van der Waals surface area (Å²) in [5.41, 5.74) is 1.29. The van der Waals surface area contributed by atoms with Crippen molar-refractivity contribution in [3.05, 3.63) is 35.7 Å². The Kier molecular flexibility index (Phi) is 6.26. The summed E-state index contributed by atoms with van der Waals surface area (Å²) < 4.78 is 1.59. The Morgan fingerprint density at radius 2 is 2.09 bits per heavy atom. The molecule has 0 spiro atoms. The molecule has 1 N–H and O–H groups in total. The topological polar surface area (TPSA) is 72.7 Å². The van der Waals surface area contributed by atoms with Gasteiger partial charge < -0.3 is 5.32 Å². The van der Waals surface area contributed by atoms with Crippen LogP contribution in [0.1, 0.15) is 55.7 Å². The number of aromatic nitrogens is 4. The first-order valence-corrected chi connectivity index (χ1v) is 8.29. The Labute approximate surface area is 137 Å². The van der Waals surface area contributed by atoms with E-state index in [1.54, 1.807) is 10.7 Å². The van der Waals surface area contributed by atoms with Crippen molar-refractivity contribution in [2.24, 2.45) is 5.92 Å². The van der Waals surface area contributed by atoms with E-state index in [0.717, 1.165) is 12.8 Å². The van der Waals surface area contributed by atoms with E-state index in [-0.39, 0.29) is 5.91 Å². The number of carbonyl (C=O) groups is 1. The van der Waals surface area contributed by atoms with Crippen LogP contribution in [0.3, 0.4) is 0 Å². The zero-order valence-corrected chi connectivity index (χ0v) is 14.1. The van der Waals surface area contributed by atoms with Crippen molar-refractivity contribution in [3.63, 3.8) is 0 Å². The maximum Gasteiger partial charge on any atom is 0.253 e. The lowest BCUT2D eigenvalue weighted by Gasteiger charge is -2.16. The third kappa shape index (κ3) is 4.37. The number of carbonyl (C=O) groups excluding carboxylic acids is 1. The van der Waals surface area contributed by atoms with E-state index in [1.165, 1.54) is 12.8 Å². The SMILES string of the molecule is CCCC[C@H](CC)CNC(=O)c1ccccc1-n1nnnc1C. The summed E-state index contributed by atoms with van der Waals surface area (Å²) in [6, 6.07) is 7.39. The molecule has 0 saturated heterocycles. The van der Waals surface area contributed by atoms with E-state index < -0.39 is 0 Å². The quantitative estimate of drug-likeness (QED) is 0.813. The number of unbranched alkanes of at least 4 members (excludes halogenated alkanes) is 1. The van der Waals surface area contributed by atoms with Crippen LogP contribution in [0.5, 0.6) is 0 Å². The van der Waals surface area contributed by atoms with Gasteiger partial charge in [0.05, 0.1) is 11.3 Å². The Balaban J connectivity index is 2.10. The van der Waals surface area contributed by atoms with Crippen molar-refractivity contribution in [1.82, 2.24) is 25.5 Å². The van der Waals surface area contributed by atoms with Crippen molar-refractivity contribution < 1.29 is 4.79 Å². The highest BCUT2D eigenvalue weighted by Gasteiger charge is 2.16. The first-order chi connectivity index (χ1) is 11.2. The van der Waals surface area contributed by atoms with Gasteiger partial charge in [0.2, 0.25) is 0 Å². The normalized spacial score (nSPS) is 12.1. The van der Waals surface area contributed by atoms with Crippen LogP contribution in [0.25, 0.3) is 5.69 Å². The molecule has 0 aliphatic carbocycles. The number of nitrogens with one attached hydrogen (secondary N) is 1. The fourth-order valence-electron chi connectivity index (χ4n) is 2.58. The zero-order valence-electron chi connectivity index (χ0n) is 14.1. The molecule has 1 heterocycles. The number of amides is 1. The highest BCUT2D eigenvalue weighted by atomic mass is 16.1. The van der Waals surface area contributed by atoms with E-state index in [0.29, 0.717) is 29.5 Å². The molecule has 23 heavy (non-hydrogen) atoms. The molecule has 6 heteroatoms. The van der Waals surface area contributed by atoms with Gasteiger partial charge in [0.15, 0.2) is 5.82 Å². The Hall–Kier alpha value is -2.24. The number of benzene rings is 1. The Bertz CT molecular complexity index is 637. The first-order valence-electron chi connectivity index (χ1n) is 8.29. The number of nitrogens with zero attached hydrogens (tertiary/aromatic N) is 4. The highest BCUT2D eigenvalue weighted by molar-refractivity contribution is 5.97. The van der Waals surface area contributed by atoms with Gasteiger partial charge in [-0.2, -0.15) is 4.68 Å². The number of hydrogen-bond donors (Lipinski definition) is 1. The molecule has 6 nitrogen and oxygen atoms in total. The summed E-state index contributed by atoms with van der Waals surface area (Å²) in [6.07, 6.45) is 4.62. The number of tetrazole rings is 1. The molecule has 1 amide bonds. The summed E-state index contributed by atoms with van der Waals surface area (Å²) in [4.78, 5) is 12.6. The molecule has 2 aromatic rings. The molecule has 0 fully saturated rings. The van der Waals surface area contributed by atoms with Gasteiger partial charge in [-0.3, -0.25) is 4.79 Å². The smallest absolute Gasteiger partial charge is 0.253 e. The minimum Gasteiger partial charge on any atom is -0.352 e. The molecule has 0 unspecified atom stereocenters. The number of rotatable bonds is 8. The second-order valence-corrected chi connectivity index (χ2v) is 5.78. The summed E-state index contributed by atoms with van der Waals surface area (Å²) in [7, 11) is 0. The average Bonchev–Trinajstić information content (AvgIpc) is 3.00. The van der Waals surface area contributed by atoms with Crippen LogP contribution in [-0.2, 0) is 0 Å². The van der Waals surface area contributed by atoms with E-state index in [2.05, 4.69) is 34.7 Å². The van der Waals surface area contributed by atoms with Crippen LogP contribution >= 0.6 is 0 Å². The van der Waals surface area contributed by atoms with Crippen LogP contribution in [0.15, 0.2) is 24.3 Å². The monoisotopic (exact) mass is 315 g/mol.